The predicted octanol–water partition coefficient (Wildman–Crippen LogP) is 5.84. The van der Waals surface area contributed by atoms with Crippen molar-refractivity contribution in [2.24, 2.45) is 0 Å². The summed E-state index contributed by atoms with van der Waals surface area (Å²) in [7, 11) is 0. The van der Waals surface area contributed by atoms with Crippen LogP contribution in [0.25, 0.3) is 22.2 Å². The monoisotopic (exact) mass is 417 g/mol. The number of amides is 1. The Bertz CT molecular complexity index is 1160. The fourth-order valence-electron chi connectivity index (χ4n) is 3.63. The molecule has 0 bridgehead atoms. The van der Waals surface area contributed by atoms with Crippen LogP contribution in [-0.4, -0.2) is 22.2 Å². The molecule has 1 amide bonds. The molecule has 30 heavy (non-hydrogen) atoms. The Morgan fingerprint density at radius 2 is 1.67 bits per heavy atom. The molecular weight excluding hydrogens is 394 g/mol. The minimum Gasteiger partial charge on any atom is -0.354 e. The highest BCUT2D eigenvalue weighted by Gasteiger charge is 2.22. The SMILES string of the molecule is C[C@@H](CNC(=O)[C@H](C)n1nc(-c2ccccc2)c2cc(Cl)ccc21)c1ccccc1. The highest BCUT2D eigenvalue weighted by atomic mass is 35.5. The van der Waals surface area contributed by atoms with Crippen LogP contribution in [0.1, 0.15) is 31.4 Å². The number of rotatable bonds is 6. The highest BCUT2D eigenvalue weighted by molar-refractivity contribution is 6.31. The van der Waals surface area contributed by atoms with E-state index in [-0.39, 0.29) is 11.8 Å². The number of hydrogen-bond donors (Lipinski definition) is 1. The van der Waals surface area contributed by atoms with Crippen LogP contribution in [0.5, 0.6) is 0 Å². The normalized spacial score (nSPS) is 13.2. The first-order valence-electron chi connectivity index (χ1n) is 10.1. The van der Waals surface area contributed by atoms with Crippen LogP contribution in [0, 0.1) is 0 Å². The third kappa shape index (κ3) is 4.10. The summed E-state index contributed by atoms with van der Waals surface area (Å²) in [5.41, 5.74) is 3.91. The molecule has 0 fully saturated rings. The van der Waals surface area contributed by atoms with E-state index >= 15 is 0 Å². The summed E-state index contributed by atoms with van der Waals surface area (Å²) in [6, 6.07) is 25.4. The largest absolute Gasteiger partial charge is 0.354 e. The second-order valence-corrected chi connectivity index (χ2v) is 7.99. The summed E-state index contributed by atoms with van der Waals surface area (Å²) in [5, 5.41) is 9.47. The number of hydrogen-bond acceptors (Lipinski definition) is 2. The quantitative estimate of drug-likeness (QED) is 0.428. The molecule has 0 aliphatic heterocycles. The van der Waals surface area contributed by atoms with Gasteiger partial charge in [-0.3, -0.25) is 9.48 Å². The van der Waals surface area contributed by atoms with Crippen LogP contribution >= 0.6 is 11.6 Å². The molecule has 0 aliphatic rings. The number of fused-ring (bicyclic) bond motifs is 1. The van der Waals surface area contributed by atoms with E-state index in [1.54, 1.807) is 4.68 Å². The second-order valence-electron chi connectivity index (χ2n) is 7.55. The van der Waals surface area contributed by atoms with Crippen LogP contribution in [-0.2, 0) is 4.79 Å². The average Bonchev–Trinajstić information content (AvgIpc) is 3.16. The molecule has 152 valence electrons. The van der Waals surface area contributed by atoms with Crippen LogP contribution in [0.3, 0.4) is 0 Å². The van der Waals surface area contributed by atoms with E-state index in [4.69, 9.17) is 16.7 Å². The first kappa shape index (κ1) is 20.2. The summed E-state index contributed by atoms with van der Waals surface area (Å²) in [6.45, 7) is 4.56. The number of nitrogens with one attached hydrogen (secondary N) is 1. The Morgan fingerprint density at radius 1 is 1.00 bits per heavy atom. The van der Waals surface area contributed by atoms with E-state index in [0.29, 0.717) is 11.6 Å². The fraction of sp³-hybridized carbons (Fsp3) is 0.200. The van der Waals surface area contributed by atoms with Crippen molar-refractivity contribution in [2.45, 2.75) is 25.8 Å². The second kappa shape index (κ2) is 8.72. The topological polar surface area (TPSA) is 46.9 Å². The summed E-state index contributed by atoms with van der Waals surface area (Å²) in [6.07, 6.45) is 0. The van der Waals surface area contributed by atoms with Crippen molar-refractivity contribution in [3.05, 3.63) is 89.4 Å². The number of aromatic nitrogens is 2. The van der Waals surface area contributed by atoms with Gasteiger partial charge in [-0.2, -0.15) is 5.10 Å². The van der Waals surface area contributed by atoms with Crippen LogP contribution in [0.4, 0.5) is 0 Å². The predicted molar refractivity (Wildman–Crippen MR) is 123 cm³/mol. The molecule has 2 atom stereocenters. The zero-order valence-corrected chi connectivity index (χ0v) is 17.8. The van der Waals surface area contributed by atoms with Gasteiger partial charge in [0.05, 0.1) is 5.52 Å². The van der Waals surface area contributed by atoms with Crippen molar-refractivity contribution in [2.75, 3.05) is 6.54 Å². The van der Waals surface area contributed by atoms with Crippen molar-refractivity contribution in [3.63, 3.8) is 0 Å². The zero-order valence-electron chi connectivity index (χ0n) is 17.0. The smallest absolute Gasteiger partial charge is 0.244 e. The van der Waals surface area contributed by atoms with Crippen molar-refractivity contribution < 1.29 is 4.79 Å². The van der Waals surface area contributed by atoms with Gasteiger partial charge in [0.1, 0.15) is 11.7 Å². The molecule has 4 aromatic rings. The Labute approximate surface area is 181 Å². The van der Waals surface area contributed by atoms with Crippen molar-refractivity contribution in [1.82, 2.24) is 15.1 Å². The molecule has 4 nitrogen and oxygen atoms in total. The van der Waals surface area contributed by atoms with Crippen LogP contribution < -0.4 is 5.32 Å². The molecule has 0 saturated heterocycles. The molecule has 0 saturated carbocycles. The first-order valence-corrected chi connectivity index (χ1v) is 10.5. The number of carbonyl (C=O) groups excluding carboxylic acids is 1. The van der Waals surface area contributed by atoms with Gasteiger partial charge in [0.15, 0.2) is 0 Å². The standard InChI is InChI=1S/C25H24ClN3O/c1-17(19-9-5-3-6-10-19)16-27-25(30)18(2)29-23-14-13-21(26)15-22(23)24(28-29)20-11-7-4-8-12-20/h3-15,17-18H,16H2,1-2H3,(H,27,30)/t17-,18-/m0/s1. The van der Waals surface area contributed by atoms with E-state index in [0.717, 1.165) is 22.2 Å². The lowest BCUT2D eigenvalue weighted by atomic mass is 10.0. The van der Waals surface area contributed by atoms with Gasteiger partial charge in [-0.15, -0.1) is 0 Å². The fourth-order valence-corrected chi connectivity index (χ4v) is 3.80. The summed E-state index contributed by atoms with van der Waals surface area (Å²) >= 11 is 6.26. The summed E-state index contributed by atoms with van der Waals surface area (Å²) in [4.78, 5) is 12.9. The molecule has 1 N–H and O–H groups in total. The van der Waals surface area contributed by atoms with E-state index in [2.05, 4.69) is 24.4 Å². The molecule has 0 spiro atoms. The number of halogens is 1. The van der Waals surface area contributed by atoms with E-state index < -0.39 is 6.04 Å². The van der Waals surface area contributed by atoms with E-state index in [1.165, 1.54) is 5.56 Å². The van der Waals surface area contributed by atoms with Gasteiger partial charge in [0.25, 0.3) is 0 Å². The lowest BCUT2D eigenvalue weighted by molar-refractivity contribution is -0.124. The Morgan fingerprint density at radius 3 is 2.37 bits per heavy atom. The van der Waals surface area contributed by atoms with Crippen molar-refractivity contribution in [1.29, 1.82) is 0 Å². The number of carbonyl (C=O) groups is 1. The van der Waals surface area contributed by atoms with Gasteiger partial charge in [0.2, 0.25) is 5.91 Å². The molecule has 0 aliphatic carbocycles. The van der Waals surface area contributed by atoms with Gasteiger partial charge in [-0.05, 0) is 36.6 Å². The highest BCUT2D eigenvalue weighted by Crippen LogP contribution is 2.31. The molecule has 3 aromatic carbocycles. The van der Waals surface area contributed by atoms with Crippen LogP contribution in [0.15, 0.2) is 78.9 Å². The van der Waals surface area contributed by atoms with Gasteiger partial charge >= 0.3 is 0 Å². The van der Waals surface area contributed by atoms with Crippen molar-refractivity contribution >= 4 is 28.4 Å². The number of nitrogens with zero attached hydrogens (tertiary/aromatic N) is 2. The van der Waals surface area contributed by atoms with Gasteiger partial charge in [-0.25, -0.2) is 0 Å². The third-order valence-electron chi connectivity index (χ3n) is 5.41. The lowest BCUT2D eigenvalue weighted by Crippen LogP contribution is -2.33. The Hall–Kier alpha value is -3.11. The maximum Gasteiger partial charge on any atom is 0.244 e. The van der Waals surface area contributed by atoms with E-state index in [9.17, 15) is 4.79 Å². The van der Waals surface area contributed by atoms with Gasteiger partial charge in [0, 0.05) is 22.5 Å². The first-order chi connectivity index (χ1) is 14.5. The molecule has 1 aromatic heterocycles. The van der Waals surface area contributed by atoms with Gasteiger partial charge < -0.3 is 5.32 Å². The summed E-state index contributed by atoms with van der Waals surface area (Å²) in [5.74, 6) is 0.173. The molecule has 1 heterocycles. The minimum absolute atomic E-state index is 0.0586. The minimum atomic E-state index is -0.450. The molecular formula is C25H24ClN3O. The molecule has 4 rings (SSSR count). The third-order valence-corrected chi connectivity index (χ3v) is 5.65. The van der Waals surface area contributed by atoms with Gasteiger partial charge in [-0.1, -0.05) is 79.2 Å². The zero-order chi connectivity index (χ0) is 21.1. The maximum atomic E-state index is 12.9. The summed E-state index contributed by atoms with van der Waals surface area (Å²) < 4.78 is 1.79. The lowest BCUT2D eigenvalue weighted by Gasteiger charge is -2.17. The molecule has 0 radical (unpaired) electrons. The Balaban J connectivity index is 1.60. The molecule has 5 heteroatoms. The van der Waals surface area contributed by atoms with Crippen LogP contribution in [0.2, 0.25) is 5.02 Å². The molecule has 0 unspecified atom stereocenters. The van der Waals surface area contributed by atoms with Crippen molar-refractivity contribution in [3.8, 4) is 11.3 Å². The number of benzene rings is 3. The Kier molecular flexibility index (Phi) is 5.86. The maximum absolute atomic E-state index is 12.9. The van der Waals surface area contributed by atoms with E-state index in [1.807, 2.05) is 73.7 Å². The average molecular weight is 418 g/mol.